The standard InChI is InChI=1S/C18H29NO/c1-16-10-9-11-17(2)18(16)20-15-8-7-14-19-12-5-3-4-6-13-19/h9-11H,3-8,12-15H2,1-2H3/p+1. The zero-order valence-electron chi connectivity index (χ0n) is 13.2. The molecule has 0 aliphatic carbocycles. The Morgan fingerprint density at radius 3 is 2.25 bits per heavy atom. The van der Waals surface area contributed by atoms with E-state index in [4.69, 9.17) is 4.74 Å². The van der Waals surface area contributed by atoms with Crippen molar-refractivity contribution in [3.8, 4) is 5.75 Å². The quantitative estimate of drug-likeness (QED) is 0.789. The lowest BCUT2D eigenvalue weighted by Gasteiger charge is -2.17. The van der Waals surface area contributed by atoms with E-state index in [1.165, 1.54) is 69.3 Å². The maximum Gasteiger partial charge on any atom is 0.125 e. The molecule has 1 aromatic rings. The fourth-order valence-electron chi connectivity index (χ4n) is 3.16. The average molecular weight is 276 g/mol. The van der Waals surface area contributed by atoms with Crippen LogP contribution in [0.3, 0.4) is 0 Å². The Labute approximate surface area is 124 Å². The predicted molar refractivity (Wildman–Crippen MR) is 84.7 cm³/mol. The molecule has 2 heteroatoms. The van der Waals surface area contributed by atoms with E-state index in [9.17, 15) is 0 Å². The maximum absolute atomic E-state index is 5.97. The van der Waals surface area contributed by atoms with Crippen LogP contribution >= 0.6 is 0 Å². The molecular formula is C18H30NO+. The highest BCUT2D eigenvalue weighted by Gasteiger charge is 2.11. The highest BCUT2D eigenvalue weighted by Crippen LogP contribution is 2.22. The van der Waals surface area contributed by atoms with Gasteiger partial charge in [-0.25, -0.2) is 0 Å². The van der Waals surface area contributed by atoms with E-state index < -0.39 is 0 Å². The SMILES string of the molecule is Cc1cccc(C)c1OCCCC[NH+]1CCCCCC1. The van der Waals surface area contributed by atoms with Crippen molar-refractivity contribution in [1.29, 1.82) is 0 Å². The zero-order valence-corrected chi connectivity index (χ0v) is 13.2. The summed E-state index contributed by atoms with van der Waals surface area (Å²) in [7, 11) is 0. The van der Waals surface area contributed by atoms with E-state index in [-0.39, 0.29) is 0 Å². The molecule has 0 atom stereocenters. The summed E-state index contributed by atoms with van der Waals surface area (Å²) >= 11 is 0. The lowest BCUT2D eigenvalue weighted by Crippen LogP contribution is -3.11. The number of likely N-dealkylation sites (tertiary alicyclic amines) is 1. The number of rotatable bonds is 6. The average Bonchev–Trinajstić information content (AvgIpc) is 2.70. The number of para-hydroxylation sites is 1. The molecule has 1 saturated heterocycles. The number of hydrogen-bond donors (Lipinski definition) is 1. The van der Waals surface area contributed by atoms with Gasteiger partial charge >= 0.3 is 0 Å². The molecule has 0 spiro atoms. The Kier molecular flexibility index (Phi) is 6.38. The molecule has 0 radical (unpaired) electrons. The van der Waals surface area contributed by atoms with Gasteiger partial charge in [0.25, 0.3) is 0 Å². The fraction of sp³-hybridized carbons (Fsp3) is 0.667. The van der Waals surface area contributed by atoms with Crippen molar-refractivity contribution >= 4 is 0 Å². The summed E-state index contributed by atoms with van der Waals surface area (Å²) in [5.74, 6) is 1.09. The number of hydrogen-bond acceptors (Lipinski definition) is 1. The minimum absolute atomic E-state index is 0.860. The first-order valence-corrected chi connectivity index (χ1v) is 8.30. The van der Waals surface area contributed by atoms with Gasteiger partial charge in [0, 0.05) is 0 Å². The molecule has 0 aromatic heterocycles. The third-order valence-electron chi connectivity index (χ3n) is 4.39. The zero-order chi connectivity index (χ0) is 14.2. The van der Waals surface area contributed by atoms with Crippen LogP contribution in [0.4, 0.5) is 0 Å². The summed E-state index contributed by atoms with van der Waals surface area (Å²) in [5.41, 5.74) is 2.51. The van der Waals surface area contributed by atoms with Crippen molar-refractivity contribution in [2.24, 2.45) is 0 Å². The number of aryl methyl sites for hydroxylation is 2. The number of nitrogens with one attached hydrogen (secondary N) is 1. The minimum atomic E-state index is 0.860. The molecule has 2 rings (SSSR count). The van der Waals surface area contributed by atoms with Crippen LogP contribution in [0, 0.1) is 13.8 Å². The van der Waals surface area contributed by atoms with Crippen LogP contribution in [0.2, 0.25) is 0 Å². The Morgan fingerprint density at radius 1 is 0.950 bits per heavy atom. The summed E-state index contributed by atoms with van der Waals surface area (Å²) in [5, 5.41) is 0. The highest BCUT2D eigenvalue weighted by molar-refractivity contribution is 5.39. The van der Waals surface area contributed by atoms with Gasteiger partial charge in [0.2, 0.25) is 0 Å². The van der Waals surface area contributed by atoms with Crippen LogP contribution in [-0.4, -0.2) is 26.2 Å². The molecule has 0 saturated carbocycles. The predicted octanol–water partition coefficient (Wildman–Crippen LogP) is 2.92. The molecule has 112 valence electrons. The van der Waals surface area contributed by atoms with E-state index in [1.54, 1.807) is 0 Å². The van der Waals surface area contributed by atoms with Crippen LogP contribution in [0.15, 0.2) is 18.2 Å². The van der Waals surface area contributed by atoms with Gasteiger partial charge < -0.3 is 9.64 Å². The number of ether oxygens (including phenoxy) is 1. The summed E-state index contributed by atoms with van der Waals surface area (Å²) in [6, 6.07) is 6.35. The smallest absolute Gasteiger partial charge is 0.125 e. The second-order valence-electron chi connectivity index (χ2n) is 6.19. The van der Waals surface area contributed by atoms with Crippen LogP contribution < -0.4 is 9.64 Å². The second-order valence-corrected chi connectivity index (χ2v) is 6.19. The number of unbranched alkanes of at least 4 members (excludes halogenated alkanes) is 1. The topological polar surface area (TPSA) is 13.7 Å². The summed E-state index contributed by atoms with van der Waals surface area (Å²) in [6.07, 6.45) is 8.21. The van der Waals surface area contributed by atoms with Gasteiger partial charge in [-0.1, -0.05) is 18.2 Å². The first-order chi connectivity index (χ1) is 9.77. The van der Waals surface area contributed by atoms with Gasteiger partial charge in [0.15, 0.2) is 0 Å². The van der Waals surface area contributed by atoms with E-state index in [1.807, 2.05) is 4.90 Å². The first-order valence-electron chi connectivity index (χ1n) is 8.30. The molecule has 1 aliphatic rings. The third kappa shape index (κ3) is 4.82. The van der Waals surface area contributed by atoms with E-state index in [0.717, 1.165) is 12.4 Å². The second kappa shape index (κ2) is 8.31. The van der Waals surface area contributed by atoms with Crippen molar-refractivity contribution in [3.63, 3.8) is 0 Å². The first kappa shape index (κ1) is 15.4. The molecule has 0 bridgehead atoms. The fourth-order valence-corrected chi connectivity index (χ4v) is 3.16. The Hall–Kier alpha value is -1.02. The van der Waals surface area contributed by atoms with Crippen molar-refractivity contribution in [2.45, 2.75) is 52.4 Å². The van der Waals surface area contributed by atoms with Crippen LogP contribution in [0.25, 0.3) is 0 Å². The molecule has 20 heavy (non-hydrogen) atoms. The highest BCUT2D eigenvalue weighted by atomic mass is 16.5. The van der Waals surface area contributed by atoms with Crippen LogP contribution in [-0.2, 0) is 0 Å². The van der Waals surface area contributed by atoms with Crippen molar-refractivity contribution in [3.05, 3.63) is 29.3 Å². The molecule has 1 heterocycles. The van der Waals surface area contributed by atoms with Gasteiger partial charge in [0.1, 0.15) is 5.75 Å². The van der Waals surface area contributed by atoms with Crippen molar-refractivity contribution in [2.75, 3.05) is 26.2 Å². The summed E-state index contributed by atoms with van der Waals surface area (Å²) < 4.78 is 5.97. The molecule has 1 N–H and O–H groups in total. The van der Waals surface area contributed by atoms with Crippen molar-refractivity contribution < 1.29 is 9.64 Å². The Bertz CT molecular complexity index is 374. The largest absolute Gasteiger partial charge is 0.493 e. The molecular weight excluding hydrogens is 246 g/mol. The molecule has 1 aliphatic heterocycles. The molecule has 1 fully saturated rings. The Morgan fingerprint density at radius 2 is 1.60 bits per heavy atom. The van der Waals surface area contributed by atoms with Gasteiger partial charge in [0.05, 0.1) is 26.2 Å². The Balaban J connectivity index is 1.64. The van der Waals surface area contributed by atoms with Gasteiger partial charge in [-0.2, -0.15) is 0 Å². The minimum Gasteiger partial charge on any atom is -0.493 e. The molecule has 2 nitrogen and oxygen atoms in total. The van der Waals surface area contributed by atoms with Crippen molar-refractivity contribution in [1.82, 2.24) is 0 Å². The normalized spacial score (nSPS) is 16.9. The lowest BCUT2D eigenvalue weighted by atomic mass is 10.1. The molecule has 1 aromatic carbocycles. The van der Waals surface area contributed by atoms with Gasteiger partial charge in [-0.15, -0.1) is 0 Å². The lowest BCUT2D eigenvalue weighted by molar-refractivity contribution is -0.899. The monoisotopic (exact) mass is 276 g/mol. The van der Waals surface area contributed by atoms with Crippen LogP contribution in [0.1, 0.15) is 49.7 Å². The number of quaternary nitrogens is 1. The van der Waals surface area contributed by atoms with E-state index >= 15 is 0 Å². The summed E-state index contributed by atoms with van der Waals surface area (Å²) in [4.78, 5) is 1.81. The third-order valence-corrected chi connectivity index (χ3v) is 4.39. The maximum atomic E-state index is 5.97. The van der Waals surface area contributed by atoms with Crippen LogP contribution in [0.5, 0.6) is 5.75 Å². The van der Waals surface area contributed by atoms with E-state index in [0.29, 0.717) is 0 Å². The number of benzene rings is 1. The van der Waals surface area contributed by atoms with Gasteiger partial charge in [-0.3, -0.25) is 0 Å². The molecule has 0 amide bonds. The van der Waals surface area contributed by atoms with E-state index in [2.05, 4.69) is 32.0 Å². The summed E-state index contributed by atoms with van der Waals surface area (Å²) in [6.45, 7) is 9.22. The molecule has 0 unspecified atom stereocenters. The van der Waals surface area contributed by atoms with Gasteiger partial charge in [-0.05, 0) is 63.5 Å².